The molecule has 0 unspecified atom stereocenters. The Morgan fingerprint density at radius 2 is 2.10 bits per heavy atom. The van der Waals surface area contributed by atoms with Gasteiger partial charge in [-0.05, 0) is 31.6 Å². The molecule has 0 radical (unpaired) electrons. The molecule has 0 aliphatic carbocycles. The van der Waals surface area contributed by atoms with Crippen molar-refractivity contribution in [1.29, 1.82) is 0 Å². The number of hydrogen-bond acceptors (Lipinski definition) is 6. The van der Waals surface area contributed by atoms with Gasteiger partial charge in [-0.1, -0.05) is 36.1 Å². The Balaban J connectivity index is 0.00000220. The molecule has 1 aromatic rings. The van der Waals surface area contributed by atoms with E-state index < -0.39 is 10.1 Å². The van der Waals surface area contributed by atoms with Crippen molar-refractivity contribution in [1.82, 2.24) is 0 Å². The number of thioether (sulfide) groups is 1. The first-order valence-corrected chi connectivity index (χ1v) is 8.87. The zero-order valence-corrected chi connectivity index (χ0v) is 16.4. The van der Waals surface area contributed by atoms with E-state index in [4.69, 9.17) is 12.2 Å². The zero-order chi connectivity index (χ0) is 14.8. The SMILES string of the molecule is CC(=S)/C=C1\Sc2ccccc2N1CCCS(=O)(=O)[O-].[Na+]. The number of thiocarbonyl (C=S) groups is 1. The van der Waals surface area contributed by atoms with Gasteiger partial charge >= 0.3 is 29.6 Å². The molecule has 1 aliphatic rings. The normalized spacial score (nSPS) is 15.7. The van der Waals surface area contributed by atoms with Gasteiger partial charge in [-0.15, -0.1) is 0 Å². The Morgan fingerprint density at radius 3 is 2.71 bits per heavy atom. The summed E-state index contributed by atoms with van der Waals surface area (Å²) in [6.07, 6.45) is 2.19. The third-order valence-corrected chi connectivity index (χ3v) is 4.76. The molecule has 1 aromatic carbocycles. The van der Waals surface area contributed by atoms with Crippen LogP contribution in [0.4, 0.5) is 5.69 Å². The van der Waals surface area contributed by atoms with Crippen molar-refractivity contribution in [2.75, 3.05) is 17.2 Å². The molecule has 0 fully saturated rings. The fourth-order valence-electron chi connectivity index (χ4n) is 1.96. The predicted molar refractivity (Wildman–Crippen MR) is 85.2 cm³/mol. The van der Waals surface area contributed by atoms with Gasteiger partial charge in [0.05, 0.1) is 20.8 Å². The molecule has 0 saturated carbocycles. The number of anilines is 1. The maximum atomic E-state index is 10.7. The summed E-state index contributed by atoms with van der Waals surface area (Å²) in [5.74, 6) is -0.347. The summed E-state index contributed by atoms with van der Waals surface area (Å²) in [6.45, 7) is 2.33. The van der Waals surface area contributed by atoms with E-state index in [1.165, 1.54) is 0 Å². The van der Waals surface area contributed by atoms with Crippen molar-refractivity contribution in [2.45, 2.75) is 18.2 Å². The fourth-order valence-corrected chi connectivity index (χ4v) is 3.82. The smallest absolute Gasteiger partial charge is 0.748 e. The molecule has 0 N–H and O–H groups in total. The van der Waals surface area contributed by atoms with Gasteiger partial charge in [0.25, 0.3) is 0 Å². The van der Waals surface area contributed by atoms with E-state index in [2.05, 4.69) is 0 Å². The van der Waals surface area contributed by atoms with Crippen LogP contribution in [0.5, 0.6) is 0 Å². The third-order valence-electron chi connectivity index (χ3n) is 2.74. The Morgan fingerprint density at radius 1 is 1.43 bits per heavy atom. The van der Waals surface area contributed by atoms with E-state index in [0.717, 1.165) is 20.5 Å². The van der Waals surface area contributed by atoms with Crippen molar-refractivity contribution < 1.29 is 42.5 Å². The molecule has 8 heteroatoms. The zero-order valence-electron chi connectivity index (χ0n) is 11.9. The number of allylic oxidation sites excluding steroid dienone is 1. The molecule has 2 rings (SSSR count). The number of nitrogens with zero attached hydrogens (tertiary/aromatic N) is 1. The predicted octanol–water partition coefficient (Wildman–Crippen LogP) is -0.231. The van der Waals surface area contributed by atoms with Crippen LogP contribution >= 0.6 is 24.0 Å². The van der Waals surface area contributed by atoms with E-state index in [-0.39, 0.29) is 35.3 Å². The number of rotatable bonds is 5. The molecular weight excluding hydrogens is 337 g/mol. The topological polar surface area (TPSA) is 60.4 Å². The first-order valence-electron chi connectivity index (χ1n) is 6.07. The van der Waals surface area contributed by atoms with Gasteiger partial charge in [0.2, 0.25) is 0 Å². The summed E-state index contributed by atoms with van der Waals surface area (Å²) < 4.78 is 32.1. The van der Waals surface area contributed by atoms with Gasteiger partial charge in [-0.3, -0.25) is 0 Å². The summed E-state index contributed by atoms with van der Waals surface area (Å²) in [5, 5.41) is 0.974. The largest absolute Gasteiger partial charge is 1.00 e. The molecule has 0 bridgehead atoms. The fraction of sp³-hybridized carbons (Fsp3) is 0.308. The monoisotopic (exact) mass is 351 g/mol. The molecule has 0 spiro atoms. The minimum atomic E-state index is -4.16. The summed E-state index contributed by atoms with van der Waals surface area (Å²) in [5.41, 5.74) is 1.03. The minimum Gasteiger partial charge on any atom is -0.748 e. The molecule has 1 heterocycles. The van der Waals surface area contributed by atoms with E-state index in [1.54, 1.807) is 11.8 Å². The van der Waals surface area contributed by atoms with Crippen molar-refractivity contribution >= 4 is 44.6 Å². The molecule has 0 atom stereocenters. The van der Waals surface area contributed by atoms with Crippen LogP contribution in [0.25, 0.3) is 0 Å². The second-order valence-corrected chi connectivity index (χ2v) is 7.66. The van der Waals surface area contributed by atoms with Crippen LogP contribution in [-0.2, 0) is 10.1 Å². The third kappa shape index (κ3) is 5.67. The molecular formula is C13H14NNaO3S3. The molecule has 0 aromatic heterocycles. The van der Waals surface area contributed by atoms with Gasteiger partial charge in [0.15, 0.2) is 0 Å². The Labute approximate surface area is 157 Å². The van der Waals surface area contributed by atoms with Crippen LogP contribution < -0.4 is 34.5 Å². The first kappa shape index (κ1) is 19.2. The number of benzene rings is 1. The van der Waals surface area contributed by atoms with Crippen LogP contribution in [0.1, 0.15) is 13.3 Å². The minimum absolute atomic E-state index is 0. The van der Waals surface area contributed by atoms with Crippen LogP contribution in [0, 0.1) is 0 Å². The van der Waals surface area contributed by atoms with Crippen molar-refractivity contribution in [3.8, 4) is 0 Å². The molecule has 21 heavy (non-hydrogen) atoms. The van der Waals surface area contributed by atoms with Gasteiger partial charge < -0.3 is 9.45 Å². The van der Waals surface area contributed by atoms with E-state index >= 15 is 0 Å². The molecule has 108 valence electrons. The first-order chi connectivity index (χ1) is 9.37. The van der Waals surface area contributed by atoms with Crippen LogP contribution in [0.15, 0.2) is 40.3 Å². The van der Waals surface area contributed by atoms with Gasteiger partial charge in [0.1, 0.15) is 0 Å². The second kappa shape index (κ2) is 8.10. The van der Waals surface area contributed by atoms with Gasteiger partial charge in [-0.2, -0.15) is 0 Å². The summed E-state index contributed by atoms with van der Waals surface area (Å²) in [7, 11) is -4.16. The average Bonchev–Trinajstić information content (AvgIpc) is 2.65. The number of fused-ring (bicyclic) bond motifs is 1. The van der Waals surface area contributed by atoms with Crippen LogP contribution in [0.3, 0.4) is 0 Å². The quantitative estimate of drug-likeness (QED) is 0.316. The number of hydrogen-bond donors (Lipinski definition) is 0. The summed E-state index contributed by atoms with van der Waals surface area (Å²) in [6, 6.07) is 7.88. The molecule has 0 amide bonds. The Hall–Kier alpha value is 0.110. The van der Waals surface area contributed by atoms with Crippen molar-refractivity contribution in [3.05, 3.63) is 35.4 Å². The number of para-hydroxylation sites is 1. The Bertz CT molecular complexity index is 658. The average molecular weight is 351 g/mol. The van der Waals surface area contributed by atoms with Crippen LogP contribution in [0.2, 0.25) is 0 Å². The van der Waals surface area contributed by atoms with Crippen molar-refractivity contribution in [2.24, 2.45) is 0 Å². The molecule has 4 nitrogen and oxygen atoms in total. The van der Waals surface area contributed by atoms with Crippen LogP contribution in [-0.4, -0.2) is 30.1 Å². The Kier molecular flexibility index (Phi) is 7.39. The summed E-state index contributed by atoms with van der Waals surface area (Å²) >= 11 is 6.71. The maximum absolute atomic E-state index is 10.7. The maximum Gasteiger partial charge on any atom is 1.00 e. The molecule has 0 saturated heterocycles. The van der Waals surface area contributed by atoms with Gasteiger partial charge in [0, 0.05) is 22.1 Å². The van der Waals surface area contributed by atoms with Crippen molar-refractivity contribution in [3.63, 3.8) is 0 Å². The summed E-state index contributed by atoms with van der Waals surface area (Å²) in [4.78, 5) is 3.89. The standard InChI is InChI=1S/C13H15NO3S3.Na/c1-10(18)9-13-14(7-4-8-20(15,16)17)11-5-2-3-6-12(11)19-13;/h2-3,5-6,9H,4,7-8H2,1H3,(H,15,16,17);/q;+1/p-1/b13-9-;. The van der Waals surface area contributed by atoms with E-state index in [1.807, 2.05) is 42.2 Å². The second-order valence-electron chi connectivity index (χ2n) is 4.43. The van der Waals surface area contributed by atoms with E-state index in [9.17, 15) is 13.0 Å². The molecule has 1 aliphatic heterocycles. The van der Waals surface area contributed by atoms with E-state index in [0.29, 0.717) is 13.0 Å². The van der Waals surface area contributed by atoms with Gasteiger partial charge in [-0.25, -0.2) is 8.42 Å².